The molecule has 0 spiro atoms. The van der Waals surface area contributed by atoms with Crippen molar-refractivity contribution in [1.82, 2.24) is 15.4 Å². The highest BCUT2D eigenvalue weighted by atomic mass is 127. The fourth-order valence-electron chi connectivity index (χ4n) is 2.89. The lowest BCUT2D eigenvalue weighted by atomic mass is 9.73. The van der Waals surface area contributed by atoms with Gasteiger partial charge in [-0.2, -0.15) is 0 Å². The molecule has 1 aromatic rings. The molecule has 6 nitrogen and oxygen atoms in total. The Morgan fingerprint density at radius 3 is 2.95 bits per heavy atom. The number of nitrogens with one attached hydrogen (secondary N) is 1. The van der Waals surface area contributed by atoms with E-state index in [0.29, 0.717) is 6.54 Å². The largest absolute Gasteiger partial charge is 0.392 e. The molecule has 1 fully saturated rings. The van der Waals surface area contributed by atoms with Gasteiger partial charge < -0.3 is 19.8 Å². The van der Waals surface area contributed by atoms with Gasteiger partial charge in [0.15, 0.2) is 5.96 Å². The molecule has 0 aromatic carbocycles. The van der Waals surface area contributed by atoms with Crippen LogP contribution in [0.2, 0.25) is 0 Å². The molecule has 0 amide bonds. The SMILES string of the molecule is CN=C(NCC1(C)CCCCC1O)N(C)Cc1ccon1.I. The van der Waals surface area contributed by atoms with E-state index in [1.807, 2.05) is 18.0 Å². The molecule has 1 aliphatic carbocycles. The number of hydrogen-bond acceptors (Lipinski definition) is 4. The van der Waals surface area contributed by atoms with Crippen LogP contribution in [0.25, 0.3) is 0 Å². The van der Waals surface area contributed by atoms with E-state index in [9.17, 15) is 5.11 Å². The molecule has 1 aliphatic rings. The molecule has 0 radical (unpaired) electrons. The average Bonchev–Trinajstić information content (AvgIpc) is 2.96. The third-order valence-corrected chi connectivity index (χ3v) is 4.39. The highest BCUT2D eigenvalue weighted by Gasteiger charge is 2.35. The first-order chi connectivity index (χ1) is 10.0. The molecule has 22 heavy (non-hydrogen) atoms. The summed E-state index contributed by atoms with van der Waals surface area (Å²) in [5.74, 6) is 0.803. The highest BCUT2D eigenvalue weighted by molar-refractivity contribution is 14.0. The van der Waals surface area contributed by atoms with Crippen molar-refractivity contribution >= 4 is 29.9 Å². The van der Waals surface area contributed by atoms with Crippen LogP contribution in [-0.4, -0.2) is 47.9 Å². The number of aliphatic imine (C=N–C) groups is 1. The van der Waals surface area contributed by atoms with Crippen LogP contribution in [0.15, 0.2) is 21.8 Å². The third-order valence-electron chi connectivity index (χ3n) is 4.39. The van der Waals surface area contributed by atoms with Crippen molar-refractivity contribution in [3.05, 3.63) is 18.0 Å². The molecule has 2 rings (SSSR count). The fourth-order valence-corrected chi connectivity index (χ4v) is 2.89. The number of hydrogen-bond donors (Lipinski definition) is 2. The van der Waals surface area contributed by atoms with Crippen LogP contribution < -0.4 is 5.32 Å². The van der Waals surface area contributed by atoms with E-state index in [4.69, 9.17) is 4.52 Å². The molecule has 2 N–H and O–H groups in total. The topological polar surface area (TPSA) is 73.9 Å². The minimum absolute atomic E-state index is 0. The van der Waals surface area contributed by atoms with Gasteiger partial charge in [0, 0.05) is 32.1 Å². The predicted molar refractivity (Wildman–Crippen MR) is 97.3 cm³/mol. The normalized spacial score (nSPS) is 25.5. The third kappa shape index (κ3) is 4.84. The molecule has 0 bridgehead atoms. The lowest BCUT2D eigenvalue weighted by molar-refractivity contribution is 0.00368. The van der Waals surface area contributed by atoms with Gasteiger partial charge in [-0.3, -0.25) is 4.99 Å². The van der Waals surface area contributed by atoms with Crippen molar-refractivity contribution in [3.63, 3.8) is 0 Å². The molecule has 1 heterocycles. The summed E-state index contributed by atoms with van der Waals surface area (Å²) >= 11 is 0. The van der Waals surface area contributed by atoms with Crippen molar-refractivity contribution in [2.75, 3.05) is 20.6 Å². The number of guanidine groups is 1. The van der Waals surface area contributed by atoms with Gasteiger partial charge in [-0.05, 0) is 12.8 Å². The zero-order valence-corrected chi connectivity index (χ0v) is 15.9. The summed E-state index contributed by atoms with van der Waals surface area (Å²) in [6, 6.07) is 1.84. The van der Waals surface area contributed by atoms with Gasteiger partial charge in [-0.1, -0.05) is 24.9 Å². The summed E-state index contributed by atoms with van der Waals surface area (Å²) < 4.78 is 4.84. The quantitative estimate of drug-likeness (QED) is 0.443. The van der Waals surface area contributed by atoms with Crippen molar-refractivity contribution in [2.45, 2.75) is 45.3 Å². The van der Waals surface area contributed by atoms with Crippen molar-refractivity contribution in [1.29, 1.82) is 0 Å². The van der Waals surface area contributed by atoms with Crippen LogP contribution in [0, 0.1) is 5.41 Å². The molecular formula is C15H27IN4O2. The van der Waals surface area contributed by atoms with Crippen molar-refractivity contribution in [3.8, 4) is 0 Å². The van der Waals surface area contributed by atoms with E-state index in [1.165, 1.54) is 6.42 Å². The first-order valence-corrected chi connectivity index (χ1v) is 7.54. The molecule has 7 heteroatoms. The Labute approximate surface area is 149 Å². The predicted octanol–water partition coefficient (Wildman–Crippen LogP) is 2.24. The average molecular weight is 422 g/mol. The summed E-state index contributed by atoms with van der Waals surface area (Å²) in [5, 5.41) is 17.5. The van der Waals surface area contributed by atoms with Gasteiger partial charge in [-0.15, -0.1) is 24.0 Å². The van der Waals surface area contributed by atoms with E-state index in [-0.39, 0.29) is 35.5 Å². The number of nitrogens with zero attached hydrogens (tertiary/aromatic N) is 3. The number of halogens is 1. The Kier molecular flexibility index (Phi) is 7.61. The maximum atomic E-state index is 10.2. The summed E-state index contributed by atoms with van der Waals surface area (Å²) in [6.07, 6.45) is 5.58. The lowest BCUT2D eigenvalue weighted by Gasteiger charge is -2.39. The zero-order valence-electron chi connectivity index (χ0n) is 13.6. The van der Waals surface area contributed by atoms with E-state index in [2.05, 4.69) is 22.4 Å². The summed E-state index contributed by atoms with van der Waals surface area (Å²) in [7, 11) is 3.73. The van der Waals surface area contributed by atoms with Crippen molar-refractivity contribution < 1.29 is 9.63 Å². The van der Waals surface area contributed by atoms with Gasteiger partial charge in [0.05, 0.1) is 12.6 Å². The monoisotopic (exact) mass is 422 g/mol. The summed E-state index contributed by atoms with van der Waals surface area (Å²) in [6.45, 7) is 3.51. The van der Waals surface area contributed by atoms with E-state index in [1.54, 1.807) is 13.3 Å². The van der Waals surface area contributed by atoms with Gasteiger partial charge in [0.1, 0.15) is 12.0 Å². The molecule has 1 saturated carbocycles. The first-order valence-electron chi connectivity index (χ1n) is 7.54. The minimum Gasteiger partial charge on any atom is -0.392 e. The van der Waals surface area contributed by atoms with Gasteiger partial charge in [-0.25, -0.2) is 0 Å². The Morgan fingerprint density at radius 2 is 2.36 bits per heavy atom. The second-order valence-electron chi connectivity index (χ2n) is 6.16. The zero-order chi connectivity index (χ0) is 15.3. The first kappa shape index (κ1) is 19.2. The van der Waals surface area contributed by atoms with Crippen LogP contribution in [0.3, 0.4) is 0 Å². The van der Waals surface area contributed by atoms with Crippen LogP contribution in [0.1, 0.15) is 38.3 Å². The number of aromatic nitrogens is 1. The Hall–Kier alpha value is -0.830. The molecule has 1 aromatic heterocycles. The van der Waals surface area contributed by atoms with Gasteiger partial charge in [0.2, 0.25) is 0 Å². The lowest BCUT2D eigenvalue weighted by Crippen LogP contribution is -2.48. The van der Waals surface area contributed by atoms with Crippen LogP contribution in [-0.2, 0) is 6.54 Å². The molecule has 2 atom stereocenters. The van der Waals surface area contributed by atoms with Crippen LogP contribution >= 0.6 is 24.0 Å². The van der Waals surface area contributed by atoms with Gasteiger partial charge >= 0.3 is 0 Å². The van der Waals surface area contributed by atoms with E-state index >= 15 is 0 Å². The number of rotatable bonds is 4. The van der Waals surface area contributed by atoms with Gasteiger partial charge in [0.25, 0.3) is 0 Å². The van der Waals surface area contributed by atoms with E-state index < -0.39 is 0 Å². The molecular weight excluding hydrogens is 395 g/mol. The number of aliphatic hydroxyl groups is 1. The Bertz CT molecular complexity index is 466. The molecule has 2 unspecified atom stereocenters. The highest BCUT2D eigenvalue weighted by Crippen LogP contribution is 2.35. The molecule has 126 valence electrons. The maximum absolute atomic E-state index is 10.2. The Balaban J connectivity index is 0.00000242. The van der Waals surface area contributed by atoms with Crippen molar-refractivity contribution in [2.24, 2.45) is 10.4 Å². The maximum Gasteiger partial charge on any atom is 0.193 e. The number of aliphatic hydroxyl groups excluding tert-OH is 1. The van der Waals surface area contributed by atoms with Crippen LogP contribution in [0.5, 0.6) is 0 Å². The van der Waals surface area contributed by atoms with Crippen LogP contribution in [0.4, 0.5) is 0 Å². The molecule has 0 saturated heterocycles. The smallest absolute Gasteiger partial charge is 0.193 e. The Morgan fingerprint density at radius 1 is 1.59 bits per heavy atom. The standard InChI is InChI=1S/C15H26N4O2.HI/c1-15(8-5-4-6-13(15)20)11-17-14(16-2)19(3)10-12-7-9-21-18-12;/h7,9,13,20H,4-6,8,10-11H2,1-3H3,(H,16,17);1H. The second kappa shape index (κ2) is 8.71. The second-order valence-corrected chi connectivity index (χ2v) is 6.16. The summed E-state index contributed by atoms with van der Waals surface area (Å²) in [5.41, 5.74) is 0.785. The summed E-state index contributed by atoms with van der Waals surface area (Å²) in [4.78, 5) is 6.30. The minimum atomic E-state index is -0.238. The fraction of sp³-hybridized carbons (Fsp3) is 0.733. The molecule has 0 aliphatic heterocycles. The van der Waals surface area contributed by atoms with E-state index in [0.717, 1.165) is 37.5 Å².